The lowest BCUT2D eigenvalue weighted by atomic mass is 9.88. The number of β-amino-alcohol motifs (C(OH)–C–C–N with tert-alkyl or cyclic N) is 1. The van der Waals surface area contributed by atoms with Crippen LogP contribution in [0.25, 0.3) is 0 Å². The van der Waals surface area contributed by atoms with Gasteiger partial charge in [0.25, 0.3) is 0 Å². The van der Waals surface area contributed by atoms with Gasteiger partial charge in [0.15, 0.2) is 0 Å². The van der Waals surface area contributed by atoms with Gasteiger partial charge in [-0.1, -0.05) is 0 Å². The molecule has 0 radical (unpaired) electrons. The largest absolute Gasteiger partial charge is 0.384 e. The quantitative estimate of drug-likeness (QED) is 0.799. The Labute approximate surface area is 91.7 Å². The maximum absolute atomic E-state index is 10.3. The lowest BCUT2D eigenvalue weighted by Gasteiger charge is -2.32. The number of aromatic nitrogens is 1. The van der Waals surface area contributed by atoms with E-state index in [4.69, 9.17) is 0 Å². The average molecular weight is 257 g/mol. The fourth-order valence-corrected chi connectivity index (χ4v) is 2.17. The van der Waals surface area contributed by atoms with Crippen molar-refractivity contribution in [1.82, 2.24) is 10.3 Å². The Morgan fingerprint density at radius 1 is 1.50 bits per heavy atom. The topological polar surface area (TPSA) is 45.2 Å². The summed E-state index contributed by atoms with van der Waals surface area (Å²) >= 11 is 3.36. The van der Waals surface area contributed by atoms with Crippen LogP contribution in [0.2, 0.25) is 0 Å². The van der Waals surface area contributed by atoms with Crippen molar-refractivity contribution < 1.29 is 5.11 Å². The maximum atomic E-state index is 10.3. The van der Waals surface area contributed by atoms with Crippen LogP contribution in [0.1, 0.15) is 18.4 Å². The number of nitrogens with zero attached hydrogens (tertiary/aromatic N) is 1. The summed E-state index contributed by atoms with van der Waals surface area (Å²) < 4.78 is 0.911. The molecular formula is C10H13BrN2O. The Balaban J connectivity index is 2.28. The van der Waals surface area contributed by atoms with Gasteiger partial charge in [-0.3, -0.25) is 4.98 Å². The Morgan fingerprint density at radius 3 is 3.00 bits per heavy atom. The third kappa shape index (κ3) is 1.97. The molecule has 0 aliphatic carbocycles. The fourth-order valence-electron chi connectivity index (χ4n) is 1.80. The summed E-state index contributed by atoms with van der Waals surface area (Å²) in [7, 11) is 0. The molecule has 2 rings (SSSR count). The van der Waals surface area contributed by atoms with Gasteiger partial charge < -0.3 is 10.4 Å². The number of hydrogen-bond donors (Lipinski definition) is 2. The SMILES string of the molecule is OC1(c2cncc(Br)c2)CCCNC1. The molecular weight excluding hydrogens is 244 g/mol. The highest BCUT2D eigenvalue weighted by atomic mass is 79.9. The van der Waals surface area contributed by atoms with Crippen molar-refractivity contribution in [3.8, 4) is 0 Å². The van der Waals surface area contributed by atoms with E-state index in [0.717, 1.165) is 29.4 Å². The van der Waals surface area contributed by atoms with Gasteiger partial charge in [-0.15, -0.1) is 0 Å². The number of piperidine rings is 1. The first-order valence-electron chi connectivity index (χ1n) is 4.75. The zero-order chi connectivity index (χ0) is 10.0. The zero-order valence-electron chi connectivity index (χ0n) is 7.83. The third-order valence-corrected chi connectivity index (χ3v) is 3.04. The van der Waals surface area contributed by atoms with Gasteiger partial charge in [-0.05, 0) is 41.4 Å². The molecule has 1 aromatic rings. The van der Waals surface area contributed by atoms with Crippen molar-refractivity contribution >= 4 is 15.9 Å². The number of halogens is 1. The summed E-state index contributed by atoms with van der Waals surface area (Å²) in [6.45, 7) is 1.61. The third-order valence-electron chi connectivity index (χ3n) is 2.60. The molecule has 1 atom stereocenters. The molecule has 1 aliphatic rings. The molecule has 4 heteroatoms. The van der Waals surface area contributed by atoms with E-state index in [1.165, 1.54) is 0 Å². The number of pyridine rings is 1. The van der Waals surface area contributed by atoms with Crippen molar-refractivity contribution in [1.29, 1.82) is 0 Å². The van der Waals surface area contributed by atoms with Crippen molar-refractivity contribution in [3.63, 3.8) is 0 Å². The van der Waals surface area contributed by atoms with Crippen molar-refractivity contribution in [2.45, 2.75) is 18.4 Å². The molecule has 0 aromatic carbocycles. The molecule has 14 heavy (non-hydrogen) atoms. The van der Waals surface area contributed by atoms with Crippen LogP contribution < -0.4 is 5.32 Å². The van der Waals surface area contributed by atoms with Gasteiger partial charge in [0.1, 0.15) is 5.60 Å². The lowest BCUT2D eigenvalue weighted by Crippen LogP contribution is -2.43. The van der Waals surface area contributed by atoms with Crippen LogP contribution in [0.4, 0.5) is 0 Å². The van der Waals surface area contributed by atoms with E-state index >= 15 is 0 Å². The number of rotatable bonds is 1. The predicted octanol–water partition coefficient (Wildman–Crippen LogP) is 1.42. The van der Waals surface area contributed by atoms with Crippen LogP contribution in [-0.2, 0) is 5.60 Å². The predicted molar refractivity (Wildman–Crippen MR) is 57.9 cm³/mol. The van der Waals surface area contributed by atoms with Crippen LogP contribution in [0.3, 0.4) is 0 Å². The zero-order valence-corrected chi connectivity index (χ0v) is 9.42. The first-order valence-corrected chi connectivity index (χ1v) is 5.54. The van der Waals surface area contributed by atoms with Gasteiger partial charge >= 0.3 is 0 Å². The van der Waals surface area contributed by atoms with Gasteiger partial charge in [-0.25, -0.2) is 0 Å². The maximum Gasteiger partial charge on any atom is 0.104 e. The second kappa shape index (κ2) is 3.96. The monoisotopic (exact) mass is 256 g/mol. The molecule has 2 heterocycles. The molecule has 1 unspecified atom stereocenters. The second-order valence-corrected chi connectivity index (χ2v) is 4.62. The summed E-state index contributed by atoms with van der Waals surface area (Å²) in [5.74, 6) is 0. The van der Waals surface area contributed by atoms with Crippen LogP contribution in [-0.4, -0.2) is 23.2 Å². The molecule has 0 amide bonds. The number of hydrogen-bond acceptors (Lipinski definition) is 3. The van der Waals surface area contributed by atoms with Gasteiger partial charge in [-0.2, -0.15) is 0 Å². The summed E-state index contributed by atoms with van der Waals surface area (Å²) in [6, 6.07) is 1.93. The first-order chi connectivity index (χ1) is 6.71. The molecule has 3 nitrogen and oxygen atoms in total. The standard InChI is InChI=1S/C10H13BrN2O/c11-9-4-8(5-13-6-9)10(14)2-1-3-12-7-10/h4-6,12,14H,1-3,7H2. The first kappa shape index (κ1) is 10.1. The fraction of sp³-hybridized carbons (Fsp3) is 0.500. The Bertz CT molecular complexity index is 324. The molecule has 1 fully saturated rings. The summed E-state index contributed by atoms with van der Waals surface area (Å²) in [5, 5.41) is 13.5. The van der Waals surface area contributed by atoms with Crippen molar-refractivity contribution in [3.05, 3.63) is 28.5 Å². The number of nitrogens with one attached hydrogen (secondary N) is 1. The van der Waals surface area contributed by atoms with Gasteiger partial charge in [0.2, 0.25) is 0 Å². The van der Waals surface area contributed by atoms with Crippen molar-refractivity contribution in [2.75, 3.05) is 13.1 Å². The van der Waals surface area contributed by atoms with Crippen LogP contribution in [0.15, 0.2) is 22.9 Å². The van der Waals surface area contributed by atoms with Crippen molar-refractivity contribution in [2.24, 2.45) is 0 Å². The second-order valence-electron chi connectivity index (χ2n) is 3.70. The normalized spacial score (nSPS) is 27.6. The smallest absolute Gasteiger partial charge is 0.104 e. The highest BCUT2D eigenvalue weighted by Crippen LogP contribution is 2.28. The highest BCUT2D eigenvalue weighted by molar-refractivity contribution is 9.10. The summed E-state index contributed by atoms with van der Waals surface area (Å²) in [5.41, 5.74) is 0.147. The van der Waals surface area contributed by atoms with Gasteiger partial charge in [0, 0.05) is 29.0 Å². The van der Waals surface area contributed by atoms with Gasteiger partial charge in [0.05, 0.1) is 0 Å². The minimum Gasteiger partial charge on any atom is -0.384 e. The Morgan fingerprint density at radius 2 is 2.36 bits per heavy atom. The van der Waals surface area contributed by atoms with E-state index in [1.807, 2.05) is 6.07 Å². The minimum absolute atomic E-state index is 0.616. The summed E-state index contributed by atoms with van der Waals surface area (Å²) in [6.07, 6.45) is 5.27. The minimum atomic E-state index is -0.741. The summed E-state index contributed by atoms with van der Waals surface area (Å²) in [4.78, 5) is 4.07. The molecule has 1 aromatic heterocycles. The van der Waals surface area contributed by atoms with E-state index < -0.39 is 5.60 Å². The highest BCUT2D eigenvalue weighted by Gasteiger charge is 2.31. The lowest BCUT2D eigenvalue weighted by molar-refractivity contribution is 0.0119. The van der Waals surface area contributed by atoms with E-state index in [1.54, 1.807) is 12.4 Å². The Kier molecular flexibility index (Phi) is 2.85. The molecule has 2 N–H and O–H groups in total. The van der Waals surface area contributed by atoms with E-state index in [-0.39, 0.29) is 0 Å². The molecule has 76 valence electrons. The molecule has 1 aliphatic heterocycles. The Hall–Kier alpha value is -0.450. The van der Waals surface area contributed by atoms with Crippen LogP contribution >= 0.6 is 15.9 Å². The molecule has 0 saturated carbocycles. The molecule has 1 saturated heterocycles. The number of aliphatic hydroxyl groups is 1. The van der Waals surface area contributed by atoms with E-state index in [0.29, 0.717) is 6.54 Å². The molecule has 0 spiro atoms. The molecule has 0 bridgehead atoms. The average Bonchev–Trinajstić information content (AvgIpc) is 2.19. The van der Waals surface area contributed by atoms with E-state index in [2.05, 4.69) is 26.2 Å². The van der Waals surface area contributed by atoms with Crippen LogP contribution in [0.5, 0.6) is 0 Å². The van der Waals surface area contributed by atoms with Crippen LogP contribution in [0, 0.1) is 0 Å². The van der Waals surface area contributed by atoms with E-state index in [9.17, 15) is 5.11 Å².